The van der Waals surface area contributed by atoms with Gasteiger partial charge in [0.2, 0.25) is 5.36 Å². The predicted molar refractivity (Wildman–Crippen MR) is 142 cm³/mol. The molecule has 2 aliphatic rings. The Bertz CT molecular complexity index is 1500. The number of benzene rings is 3. The molecule has 8 heteroatoms. The van der Waals surface area contributed by atoms with Gasteiger partial charge in [0.1, 0.15) is 24.4 Å². The molecule has 0 fully saturated rings. The Kier molecular flexibility index (Phi) is 7.05. The van der Waals surface area contributed by atoms with Crippen molar-refractivity contribution in [2.24, 2.45) is 0 Å². The second-order valence-corrected chi connectivity index (χ2v) is 8.47. The second kappa shape index (κ2) is 10.2. The average Bonchev–Trinajstić information content (AvgIpc) is 2.88. The van der Waals surface area contributed by atoms with Crippen LogP contribution in [0.1, 0.15) is 38.1 Å². The van der Waals surface area contributed by atoms with Gasteiger partial charge in [0.15, 0.2) is 0 Å². The first kappa shape index (κ1) is 24.9. The lowest BCUT2D eigenvalue weighted by Crippen LogP contribution is -2.29. The van der Waals surface area contributed by atoms with Crippen LogP contribution in [0.15, 0.2) is 59.0 Å². The van der Waals surface area contributed by atoms with E-state index in [9.17, 15) is 20.0 Å². The van der Waals surface area contributed by atoms with Crippen LogP contribution in [0.2, 0.25) is 0 Å². The summed E-state index contributed by atoms with van der Waals surface area (Å²) in [6, 6.07) is 15.5. The molecule has 2 aromatic carbocycles. The van der Waals surface area contributed by atoms with Gasteiger partial charge in [-0.15, -0.1) is 0 Å². The zero-order valence-corrected chi connectivity index (χ0v) is 20.9. The molecule has 0 bridgehead atoms. The number of carboxylic acid groups (broad SMARTS) is 1. The maximum atomic E-state index is 12.2. The van der Waals surface area contributed by atoms with Gasteiger partial charge in [0.05, 0.1) is 16.6 Å². The van der Waals surface area contributed by atoms with E-state index in [4.69, 9.17) is 4.42 Å². The third kappa shape index (κ3) is 4.42. The number of carboxylic acids is 1. The molecule has 0 radical (unpaired) electrons. The minimum absolute atomic E-state index is 0.00459. The summed E-state index contributed by atoms with van der Waals surface area (Å²) >= 11 is 0. The molecule has 0 unspecified atom stereocenters. The zero-order chi connectivity index (χ0) is 26.0. The average molecular weight is 489 g/mol. The topological polar surface area (TPSA) is 99.8 Å². The quantitative estimate of drug-likeness (QED) is 0.153. The number of carbonyl (C=O) groups is 1. The number of rotatable bonds is 8. The number of aromatic carboxylic acids is 1. The van der Waals surface area contributed by atoms with Crippen LogP contribution in [0.5, 0.6) is 0 Å². The van der Waals surface area contributed by atoms with Crippen molar-refractivity contribution < 1.29 is 19.2 Å². The lowest BCUT2D eigenvalue weighted by Gasteiger charge is -2.22. The molecule has 0 spiro atoms. The first-order chi connectivity index (χ1) is 17.3. The van der Waals surface area contributed by atoms with E-state index < -0.39 is 10.9 Å². The van der Waals surface area contributed by atoms with E-state index in [0.717, 1.165) is 37.2 Å². The normalized spacial score (nSPS) is 11.1. The number of fused-ring (bicyclic) bond motifs is 2. The molecule has 1 heterocycles. The molecule has 186 valence electrons. The summed E-state index contributed by atoms with van der Waals surface area (Å²) in [6.07, 6.45) is 0. The summed E-state index contributed by atoms with van der Waals surface area (Å²) in [5.41, 5.74) is 2.97. The van der Waals surface area contributed by atoms with Crippen molar-refractivity contribution in [2.45, 2.75) is 27.7 Å². The fraction of sp³-hybridized carbons (Fsp3) is 0.286. The van der Waals surface area contributed by atoms with Crippen LogP contribution in [0.3, 0.4) is 0 Å². The molecule has 8 nitrogen and oxygen atoms in total. The Morgan fingerprint density at radius 1 is 0.944 bits per heavy atom. The molecule has 0 aromatic heterocycles. The lowest BCUT2D eigenvalue weighted by atomic mass is 9.90. The van der Waals surface area contributed by atoms with Gasteiger partial charge in [-0.25, -0.2) is 9.37 Å². The third-order valence-corrected chi connectivity index (χ3v) is 6.66. The first-order valence-corrected chi connectivity index (χ1v) is 12.2. The van der Waals surface area contributed by atoms with Gasteiger partial charge in [-0.2, -0.15) is 0 Å². The first-order valence-electron chi connectivity index (χ1n) is 12.2. The fourth-order valence-electron chi connectivity index (χ4n) is 4.77. The zero-order valence-electron chi connectivity index (χ0n) is 20.9. The molecular weight excluding hydrogens is 458 g/mol. The smallest absolute Gasteiger partial charge is 0.336 e. The number of hydrogen-bond acceptors (Lipinski definition) is 5. The van der Waals surface area contributed by atoms with E-state index in [-0.39, 0.29) is 16.8 Å². The van der Waals surface area contributed by atoms with E-state index in [1.165, 1.54) is 18.2 Å². The lowest BCUT2D eigenvalue weighted by molar-refractivity contribution is -0.384. The molecule has 0 saturated heterocycles. The summed E-state index contributed by atoms with van der Waals surface area (Å²) in [5, 5.41) is 23.2. The second-order valence-electron chi connectivity index (χ2n) is 8.47. The van der Waals surface area contributed by atoms with Gasteiger partial charge < -0.3 is 14.4 Å². The van der Waals surface area contributed by atoms with Crippen LogP contribution in [0, 0.1) is 10.1 Å². The molecular formula is C28H30N3O5+. The highest BCUT2D eigenvalue weighted by atomic mass is 16.6. The number of nitro groups is 1. The largest absolute Gasteiger partial charge is 0.478 e. The highest BCUT2D eigenvalue weighted by molar-refractivity contribution is 6.08. The van der Waals surface area contributed by atoms with Crippen molar-refractivity contribution in [3.63, 3.8) is 0 Å². The van der Waals surface area contributed by atoms with Gasteiger partial charge in [0.25, 0.3) is 5.69 Å². The molecule has 1 N–H and O–H groups in total. The highest BCUT2D eigenvalue weighted by Gasteiger charge is 2.24. The Morgan fingerprint density at radius 2 is 1.67 bits per heavy atom. The summed E-state index contributed by atoms with van der Waals surface area (Å²) in [6.45, 7) is 11.6. The number of anilines is 1. The van der Waals surface area contributed by atoms with Crippen molar-refractivity contribution in [3.05, 3.63) is 75.6 Å². The van der Waals surface area contributed by atoms with E-state index in [1.807, 2.05) is 36.4 Å². The molecule has 1 aliphatic heterocycles. The Hall–Kier alpha value is -4.20. The molecule has 2 aromatic rings. The predicted octanol–water partition coefficient (Wildman–Crippen LogP) is 5.47. The van der Waals surface area contributed by atoms with Crippen LogP contribution >= 0.6 is 0 Å². The third-order valence-electron chi connectivity index (χ3n) is 6.66. The van der Waals surface area contributed by atoms with E-state index in [0.29, 0.717) is 27.9 Å². The van der Waals surface area contributed by atoms with Crippen molar-refractivity contribution in [1.29, 1.82) is 0 Å². The van der Waals surface area contributed by atoms with Crippen molar-refractivity contribution in [3.8, 4) is 22.5 Å². The van der Waals surface area contributed by atoms with Crippen LogP contribution in [-0.4, -0.2) is 42.2 Å². The number of non-ortho nitro benzene ring substituents is 1. The van der Waals surface area contributed by atoms with Gasteiger partial charge in [-0.05, 0) is 52.0 Å². The molecule has 36 heavy (non-hydrogen) atoms. The number of nitrogens with zero attached hydrogens (tertiary/aromatic N) is 3. The van der Waals surface area contributed by atoms with Crippen LogP contribution < -0.4 is 14.8 Å². The van der Waals surface area contributed by atoms with Gasteiger partial charge >= 0.3 is 5.97 Å². The van der Waals surface area contributed by atoms with Gasteiger partial charge in [-0.1, -0.05) is 0 Å². The molecule has 0 amide bonds. The Balaban J connectivity index is 2.17. The van der Waals surface area contributed by atoms with Crippen LogP contribution in [-0.2, 0) is 0 Å². The maximum absolute atomic E-state index is 12.2. The van der Waals surface area contributed by atoms with E-state index in [1.54, 1.807) is 0 Å². The minimum atomic E-state index is -1.15. The van der Waals surface area contributed by atoms with E-state index >= 15 is 0 Å². The molecule has 0 saturated carbocycles. The number of nitro benzene ring substituents is 1. The summed E-state index contributed by atoms with van der Waals surface area (Å²) in [7, 11) is 0. The molecule has 4 rings (SSSR count). The van der Waals surface area contributed by atoms with Crippen molar-refractivity contribution in [2.75, 3.05) is 31.1 Å². The fourth-order valence-corrected chi connectivity index (χ4v) is 4.77. The van der Waals surface area contributed by atoms with Crippen molar-refractivity contribution in [1.82, 2.24) is 4.58 Å². The number of hydrogen-bond donors (Lipinski definition) is 1. The van der Waals surface area contributed by atoms with Gasteiger partial charge in [0, 0.05) is 65.1 Å². The van der Waals surface area contributed by atoms with E-state index in [2.05, 4.69) is 37.2 Å². The molecule has 0 atom stereocenters. The summed E-state index contributed by atoms with van der Waals surface area (Å²) in [5.74, 6) is -0.567. The highest BCUT2D eigenvalue weighted by Crippen LogP contribution is 2.43. The Labute approximate surface area is 209 Å². The van der Waals surface area contributed by atoms with Crippen LogP contribution in [0.4, 0.5) is 11.4 Å². The molecule has 1 aliphatic carbocycles. The van der Waals surface area contributed by atoms with Crippen LogP contribution in [0.25, 0.3) is 33.4 Å². The monoisotopic (exact) mass is 488 g/mol. The Morgan fingerprint density at radius 3 is 2.28 bits per heavy atom. The van der Waals surface area contributed by atoms with Crippen molar-refractivity contribution >= 4 is 28.3 Å². The summed E-state index contributed by atoms with van der Waals surface area (Å²) < 4.78 is 8.61. The summed E-state index contributed by atoms with van der Waals surface area (Å²) in [4.78, 5) is 25.5. The standard InChI is InChI=1S/C28H29N3O5/c1-5-29(6-2)18-9-13-22-25(16-18)36-26-17-19(30(7-3)8-4)10-14-23(26)27(22)24-15-20(31(34)35)11-12-21(24)28(32)33/h9-17H,5-8H2,1-4H3/p+1. The van der Waals surface area contributed by atoms with Gasteiger partial charge in [-0.3, -0.25) is 10.1 Å². The maximum Gasteiger partial charge on any atom is 0.336 e. The SMILES string of the molecule is CCN(CC)c1ccc2c(-c3cc([N+](=O)[O-])ccc3C(=O)O)c3ccc(=[N+](CC)CC)cc-3oc2c1. The minimum Gasteiger partial charge on any atom is -0.478 e.